The van der Waals surface area contributed by atoms with Crippen LogP contribution in [0.5, 0.6) is 0 Å². The molecule has 4 nitrogen and oxygen atoms in total. The highest BCUT2D eigenvalue weighted by atomic mass is 16.6. The maximum atomic E-state index is 11.9. The molecule has 0 aromatic carbocycles. The van der Waals surface area contributed by atoms with Gasteiger partial charge in [-0.1, -0.05) is 13.8 Å². The van der Waals surface area contributed by atoms with E-state index in [1.165, 1.54) is 0 Å². The number of rotatable bonds is 4. The van der Waals surface area contributed by atoms with E-state index < -0.39 is 0 Å². The fourth-order valence-corrected chi connectivity index (χ4v) is 2.58. The summed E-state index contributed by atoms with van der Waals surface area (Å²) in [7, 11) is 0. The van der Waals surface area contributed by atoms with Crippen LogP contribution >= 0.6 is 0 Å². The second-order valence-electron chi connectivity index (χ2n) is 4.85. The minimum absolute atomic E-state index is 0.00435. The van der Waals surface area contributed by atoms with Crippen molar-refractivity contribution in [3.63, 3.8) is 0 Å². The van der Waals surface area contributed by atoms with Gasteiger partial charge in [-0.15, -0.1) is 0 Å². The molecule has 0 spiro atoms. The molecule has 2 heterocycles. The third kappa shape index (κ3) is 2.08. The lowest BCUT2D eigenvalue weighted by Gasteiger charge is -2.20. The first-order valence-electron chi connectivity index (χ1n) is 6.30. The van der Waals surface area contributed by atoms with Gasteiger partial charge in [0.05, 0.1) is 12.0 Å². The number of imidazole rings is 1. The molecule has 0 amide bonds. The van der Waals surface area contributed by atoms with Crippen LogP contribution in [0.2, 0.25) is 0 Å². The fourth-order valence-electron chi connectivity index (χ4n) is 2.58. The average molecular weight is 236 g/mol. The van der Waals surface area contributed by atoms with Crippen molar-refractivity contribution in [3.8, 4) is 0 Å². The highest BCUT2D eigenvalue weighted by molar-refractivity contribution is 5.78. The molecular formula is C13H20N2O2. The van der Waals surface area contributed by atoms with Crippen LogP contribution < -0.4 is 0 Å². The van der Waals surface area contributed by atoms with Crippen LogP contribution in [-0.2, 0) is 16.1 Å². The van der Waals surface area contributed by atoms with Gasteiger partial charge in [-0.25, -0.2) is 4.98 Å². The number of hydrogen-bond acceptors (Lipinski definition) is 3. The van der Waals surface area contributed by atoms with Crippen LogP contribution in [0.4, 0.5) is 0 Å². The quantitative estimate of drug-likeness (QED) is 0.753. The molecule has 17 heavy (non-hydrogen) atoms. The average Bonchev–Trinajstić information content (AvgIpc) is 2.85. The van der Waals surface area contributed by atoms with E-state index in [2.05, 4.69) is 18.8 Å². The lowest BCUT2D eigenvalue weighted by atomic mass is 9.80. The molecule has 1 aromatic heterocycles. The summed E-state index contributed by atoms with van der Waals surface area (Å²) >= 11 is 0. The molecule has 0 saturated carbocycles. The lowest BCUT2D eigenvalue weighted by molar-refractivity contribution is -0.149. The number of aromatic nitrogens is 2. The maximum absolute atomic E-state index is 11.9. The molecule has 1 saturated heterocycles. The molecule has 1 atom stereocenters. The van der Waals surface area contributed by atoms with Gasteiger partial charge in [0.2, 0.25) is 0 Å². The minimum atomic E-state index is -0.251. The van der Waals surface area contributed by atoms with Gasteiger partial charge < -0.3 is 9.30 Å². The maximum Gasteiger partial charge on any atom is 0.312 e. The van der Waals surface area contributed by atoms with Gasteiger partial charge in [0.15, 0.2) is 0 Å². The third-order valence-corrected chi connectivity index (χ3v) is 4.00. The molecule has 0 bridgehead atoms. The largest absolute Gasteiger partial charge is 0.460 e. The number of hydrogen-bond donors (Lipinski definition) is 0. The monoisotopic (exact) mass is 236 g/mol. The Morgan fingerprint density at radius 3 is 2.71 bits per heavy atom. The Bertz CT molecular complexity index is 407. The van der Waals surface area contributed by atoms with Crippen molar-refractivity contribution in [2.75, 3.05) is 0 Å². The Kier molecular flexibility index (Phi) is 3.22. The topological polar surface area (TPSA) is 44.1 Å². The normalized spacial score (nSPS) is 22.8. The Morgan fingerprint density at radius 1 is 1.53 bits per heavy atom. The summed E-state index contributed by atoms with van der Waals surface area (Å²) in [5.74, 6) is 0.941. The second-order valence-corrected chi connectivity index (χ2v) is 4.85. The standard InChI is InChI=1S/C13H20N2O2/c1-4-13(5-2)8-11(17-12(13)16)9-15-7-6-14-10(15)3/h6-7,11H,4-5,8-9H2,1-3H3. The number of nitrogens with zero attached hydrogens (tertiary/aromatic N) is 2. The minimum Gasteiger partial charge on any atom is -0.460 e. The van der Waals surface area contributed by atoms with Crippen molar-refractivity contribution in [2.45, 2.75) is 52.7 Å². The molecule has 1 fully saturated rings. The zero-order valence-corrected chi connectivity index (χ0v) is 10.8. The lowest BCUT2D eigenvalue weighted by Crippen LogP contribution is -2.24. The van der Waals surface area contributed by atoms with E-state index >= 15 is 0 Å². The highest BCUT2D eigenvalue weighted by Gasteiger charge is 2.46. The van der Waals surface area contributed by atoms with Crippen LogP contribution in [0.25, 0.3) is 0 Å². The van der Waals surface area contributed by atoms with Crippen molar-refractivity contribution in [2.24, 2.45) is 5.41 Å². The zero-order valence-electron chi connectivity index (χ0n) is 10.8. The van der Waals surface area contributed by atoms with E-state index in [1.54, 1.807) is 6.20 Å². The van der Waals surface area contributed by atoms with E-state index in [-0.39, 0.29) is 17.5 Å². The molecule has 0 N–H and O–H groups in total. The molecule has 1 unspecified atom stereocenters. The van der Waals surface area contributed by atoms with Crippen LogP contribution in [0, 0.1) is 12.3 Å². The summed E-state index contributed by atoms with van der Waals surface area (Å²) in [4.78, 5) is 16.1. The van der Waals surface area contributed by atoms with Gasteiger partial charge in [0.1, 0.15) is 11.9 Å². The summed E-state index contributed by atoms with van der Waals surface area (Å²) in [6.07, 6.45) is 6.26. The van der Waals surface area contributed by atoms with E-state index in [4.69, 9.17) is 4.74 Å². The molecule has 0 radical (unpaired) electrons. The SMILES string of the molecule is CCC1(CC)CC(Cn2ccnc2C)OC1=O. The smallest absolute Gasteiger partial charge is 0.312 e. The van der Waals surface area contributed by atoms with Gasteiger partial charge in [0, 0.05) is 18.8 Å². The van der Waals surface area contributed by atoms with Gasteiger partial charge >= 0.3 is 5.97 Å². The Labute approximate surface area is 102 Å². The van der Waals surface area contributed by atoms with E-state index in [1.807, 2.05) is 17.7 Å². The second kappa shape index (κ2) is 4.51. The van der Waals surface area contributed by atoms with E-state index in [0.717, 1.165) is 31.6 Å². The van der Waals surface area contributed by atoms with Gasteiger partial charge in [0.25, 0.3) is 0 Å². The first-order chi connectivity index (χ1) is 8.11. The van der Waals surface area contributed by atoms with Crippen LogP contribution in [0.15, 0.2) is 12.4 Å². The van der Waals surface area contributed by atoms with Crippen molar-refractivity contribution in [3.05, 3.63) is 18.2 Å². The molecule has 2 rings (SSSR count). The predicted molar refractivity (Wildman–Crippen MR) is 64.5 cm³/mol. The number of cyclic esters (lactones) is 1. The molecule has 1 aliphatic rings. The van der Waals surface area contributed by atoms with Crippen LogP contribution in [0.1, 0.15) is 38.9 Å². The summed E-state index contributed by atoms with van der Waals surface area (Å²) in [6.45, 7) is 6.81. The molecule has 1 aromatic rings. The summed E-state index contributed by atoms with van der Waals surface area (Å²) in [5.41, 5.74) is -0.251. The Hall–Kier alpha value is -1.32. The summed E-state index contributed by atoms with van der Waals surface area (Å²) < 4.78 is 7.54. The zero-order chi connectivity index (χ0) is 12.5. The number of ether oxygens (including phenoxy) is 1. The number of carbonyl (C=O) groups excluding carboxylic acids is 1. The first kappa shape index (κ1) is 12.1. The first-order valence-corrected chi connectivity index (χ1v) is 6.30. The highest BCUT2D eigenvalue weighted by Crippen LogP contribution is 2.40. The fraction of sp³-hybridized carbons (Fsp3) is 0.692. The van der Waals surface area contributed by atoms with Gasteiger partial charge in [-0.05, 0) is 19.8 Å². The Balaban J connectivity index is 2.07. The Morgan fingerprint density at radius 2 is 2.24 bits per heavy atom. The van der Waals surface area contributed by atoms with Gasteiger partial charge in [-0.3, -0.25) is 4.79 Å². The molecule has 0 aliphatic carbocycles. The van der Waals surface area contributed by atoms with Crippen molar-refractivity contribution < 1.29 is 9.53 Å². The van der Waals surface area contributed by atoms with E-state index in [0.29, 0.717) is 0 Å². The number of aryl methyl sites for hydroxylation is 1. The van der Waals surface area contributed by atoms with Crippen LogP contribution in [0.3, 0.4) is 0 Å². The van der Waals surface area contributed by atoms with E-state index in [9.17, 15) is 4.79 Å². The van der Waals surface area contributed by atoms with Gasteiger partial charge in [-0.2, -0.15) is 0 Å². The third-order valence-electron chi connectivity index (χ3n) is 4.00. The summed E-state index contributed by atoms with van der Waals surface area (Å²) in [5, 5.41) is 0. The summed E-state index contributed by atoms with van der Waals surface area (Å²) in [6, 6.07) is 0. The van der Waals surface area contributed by atoms with Crippen LogP contribution in [-0.4, -0.2) is 21.6 Å². The van der Waals surface area contributed by atoms with Crippen molar-refractivity contribution >= 4 is 5.97 Å². The predicted octanol–water partition coefficient (Wildman–Crippen LogP) is 2.31. The molecule has 1 aliphatic heterocycles. The van der Waals surface area contributed by atoms with Crippen molar-refractivity contribution in [1.82, 2.24) is 9.55 Å². The van der Waals surface area contributed by atoms with Crippen molar-refractivity contribution in [1.29, 1.82) is 0 Å². The molecular weight excluding hydrogens is 216 g/mol. The molecule has 4 heteroatoms. The number of esters is 1. The molecule has 94 valence electrons. The number of carbonyl (C=O) groups is 1.